The van der Waals surface area contributed by atoms with E-state index in [-0.39, 0.29) is 17.9 Å². The summed E-state index contributed by atoms with van der Waals surface area (Å²) in [5.74, 6) is -0.901. The Labute approximate surface area is 109 Å². The third kappa shape index (κ3) is 5.04. The van der Waals surface area contributed by atoms with Crippen LogP contribution in [0.1, 0.15) is 40.0 Å². The molecule has 1 rings (SSSR count). The zero-order valence-electron chi connectivity index (χ0n) is 11.5. The van der Waals surface area contributed by atoms with Gasteiger partial charge in [-0.25, -0.2) is 0 Å². The van der Waals surface area contributed by atoms with Gasteiger partial charge in [0.15, 0.2) is 0 Å². The Morgan fingerprint density at radius 3 is 2.61 bits per heavy atom. The molecule has 104 valence electrons. The van der Waals surface area contributed by atoms with Gasteiger partial charge in [0, 0.05) is 6.54 Å². The maximum atomic E-state index is 11.7. The molecule has 0 unspecified atom stereocenters. The van der Waals surface area contributed by atoms with Gasteiger partial charge in [-0.2, -0.15) is 0 Å². The molecule has 0 aromatic carbocycles. The standard InChI is InChI=1S/C13H24N2O3/c1-13(2,3)6-7-14-11(16)9-15-8-4-5-10(15)12(17)18/h10H,4-9H2,1-3H3,(H,14,16)(H,17,18)/t10-/m0/s1. The molecule has 1 aliphatic rings. The highest BCUT2D eigenvalue weighted by molar-refractivity contribution is 5.80. The predicted octanol–water partition coefficient (Wildman–Crippen LogP) is 1.09. The lowest BCUT2D eigenvalue weighted by Gasteiger charge is -2.21. The van der Waals surface area contributed by atoms with E-state index in [1.807, 2.05) is 0 Å². The molecule has 1 atom stereocenters. The first-order chi connectivity index (χ1) is 8.29. The lowest BCUT2D eigenvalue weighted by molar-refractivity contribution is -0.142. The first kappa shape index (κ1) is 15.0. The molecule has 5 nitrogen and oxygen atoms in total. The second-order valence-electron chi connectivity index (χ2n) is 6.13. The summed E-state index contributed by atoms with van der Waals surface area (Å²) in [6.45, 7) is 7.92. The molecule has 18 heavy (non-hydrogen) atoms. The first-order valence-corrected chi connectivity index (χ1v) is 6.53. The first-order valence-electron chi connectivity index (χ1n) is 6.53. The average Bonchev–Trinajstić information content (AvgIpc) is 2.63. The molecule has 0 saturated carbocycles. The van der Waals surface area contributed by atoms with Crippen LogP contribution in [0.4, 0.5) is 0 Å². The normalized spacial score (nSPS) is 20.9. The van der Waals surface area contributed by atoms with Gasteiger partial charge in [-0.05, 0) is 31.2 Å². The van der Waals surface area contributed by atoms with Gasteiger partial charge in [0.2, 0.25) is 5.91 Å². The van der Waals surface area contributed by atoms with E-state index < -0.39 is 12.0 Å². The fraction of sp³-hybridized carbons (Fsp3) is 0.846. The summed E-state index contributed by atoms with van der Waals surface area (Å²) in [6.07, 6.45) is 2.41. The summed E-state index contributed by atoms with van der Waals surface area (Å²) in [7, 11) is 0. The van der Waals surface area contributed by atoms with Crippen molar-refractivity contribution in [1.82, 2.24) is 10.2 Å². The highest BCUT2D eigenvalue weighted by Gasteiger charge is 2.31. The van der Waals surface area contributed by atoms with E-state index in [0.717, 1.165) is 12.8 Å². The van der Waals surface area contributed by atoms with Crippen molar-refractivity contribution < 1.29 is 14.7 Å². The number of carbonyl (C=O) groups is 2. The lowest BCUT2D eigenvalue weighted by atomic mass is 9.92. The van der Waals surface area contributed by atoms with Crippen LogP contribution in [0, 0.1) is 5.41 Å². The van der Waals surface area contributed by atoms with E-state index >= 15 is 0 Å². The summed E-state index contributed by atoms with van der Waals surface area (Å²) in [4.78, 5) is 24.4. The van der Waals surface area contributed by atoms with Gasteiger partial charge in [-0.15, -0.1) is 0 Å². The number of nitrogens with one attached hydrogen (secondary N) is 1. The third-order valence-corrected chi connectivity index (χ3v) is 3.19. The largest absolute Gasteiger partial charge is 0.480 e. The summed E-state index contributed by atoms with van der Waals surface area (Å²) in [6, 6.07) is -0.488. The Morgan fingerprint density at radius 2 is 2.06 bits per heavy atom. The van der Waals surface area contributed by atoms with Crippen LogP contribution < -0.4 is 5.32 Å². The number of hydrogen-bond acceptors (Lipinski definition) is 3. The number of carbonyl (C=O) groups excluding carboxylic acids is 1. The summed E-state index contributed by atoms with van der Waals surface area (Å²) >= 11 is 0. The molecule has 0 aliphatic carbocycles. The van der Waals surface area contributed by atoms with Crippen LogP contribution in [0.25, 0.3) is 0 Å². The summed E-state index contributed by atoms with van der Waals surface area (Å²) in [5, 5.41) is 11.9. The van der Waals surface area contributed by atoms with Crippen LogP contribution in [0.3, 0.4) is 0 Å². The van der Waals surface area contributed by atoms with Gasteiger partial charge in [0.1, 0.15) is 6.04 Å². The topological polar surface area (TPSA) is 69.6 Å². The van der Waals surface area contributed by atoms with Crippen molar-refractivity contribution in [3.8, 4) is 0 Å². The summed E-state index contributed by atoms with van der Waals surface area (Å²) in [5.41, 5.74) is 0.199. The molecule has 1 aliphatic heterocycles. The van der Waals surface area contributed by atoms with Gasteiger partial charge >= 0.3 is 5.97 Å². The van der Waals surface area contributed by atoms with Crippen molar-refractivity contribution in [1.29, 1.82) is 0 Å². The number of nitrogens with zero attached hydrogens (tertiary/aromatic N) is 1. The van der Waals surface area contributed by atoms with Crippen molar-refractivity contribution in [2.75, 3.05) is 19.6 Å². The zero-order chi connectivity index (χ0) is 13.8. The fourth-order valence-corrected chi connectivity index (χ4v) is 2.11. The van der Waals surface area contributed by atoms with E-state index in [2.05, 4.69) is 26.1 Å². The van der Waals surface area contributed by atoms with E-state index in [4.69, 9.17) is 5.11 Å². The van der Waals surface area contributed by atoms with Gasteiger partial charge < -0.3 is 10.4 Å². The number of likely N-dealkylation sites (tertiary alicyclic amines) is 1. The Bertz CT molecular complexity index is 310. The average molecular weight is 256 g/mol. The molecule has 0 aromatic heterocycles. The molecule has 0 bridgehead atoms. The molecule has 5 heteroatoms. The van der Waals surface area contributed by atoms with Gasteiger partial charge in [-0.1, -0.05) is 20.8 Å². The number of hydrogen-bond donors (Lipinski definition) is 2. The molecule has 0 aromatic rings. The van der Waals surface area contributed by atoms with Crippen LogP contribution in [-0.2, 0) is 9.59 Å². The van der Waals surface area contributed by atoms with Gasteiger partial charge in [0.05, 0.1) is 6.54 Å². The smallest absolute Gasteiger partial charge is 0.320 e. The van der Waals surface area contributed by atoms with Crippen molar-refractivity contribution in [2.45, 2.75) is 46.1 Å². The molecule has 1 fully saturated rings. The van der Waals surface area contributed by atoms with Crippen LogP contribution >= 0.6 is 0 Å². The minimum Gasteiger partial charge on any atom is -0.480 e. The van der Waals surface area contributed by atoms with Crippen molar-refractivity contribution in [2.24, 2.45) is 5.41 Å². The van der Waals surface area contributed by atoms with Gasteiger partial charge in [-0.3, -0.25) is 14.5 Å². The van der Waals surface area contributed by atoms with Crippen LogP contribution in [0.5, 0.6) is 0 Å². The minimum absolute atomic E-state index is 0.0765. The second-order valence-corrected chi connectivity index (χ2v) is 6.13. The quantitative estimate of drug-likeness (QED) is 0.772. The molecule has 2 N–H and O–H groups in total. The molecular weight excluding hydrogens is 232 g/mol. The lowest BCUT2D eigenvalue weighted by Crippen LogP contribution is -2.43. The molecule has 0 radical (unpaired) electrons. The molecule has 0 spiro atoms. The SMILES string of the molecule is CC(C)(C)CCNC(=O)CN1CCC[C@H]1C(=O)O. The zero-order valence-corrected chi connectivity index (χ0v) is 11.5. The monoisotopic (exact) mass is 256 g/mol. The molecular formula is C13H24N2O3. The van der Waals surface area contributed by atoms with E-state index in [9.17, 15) is 9.59 Å². The fourth-order valence-electron chi connectivity index (χ4n) is 2.11. The van der Waals surface area contributed by atoms with Crippen molar-refractivity contribution >= 4 is 11.9 Å². The van der Waals surface area contributed by atoms with E-state index in [0.29, 0.717) is 19.5 Å². The minimum atomic E-state index is -0.824. The third-order valence-electron chi connectivity index (χ3n) is 3.19. The Hall–Kier alpha value is -1.10. The molecule has 1 amide bonds. The maximum Gasteiger partial charge on any atom is 0.320 e. The molecule has 1 saturated heterocycles. The molecule has 1 heterocycles. The van der Waals surface area contributed by atoms with Crippen LogP contribution in [0.15, 0.2) is 0 Å². The van der Waals surface area contributed by atoms with Gasteiger partial charge in [0.25, 0.3) is 0 Å². The van der Waals surface area contributed by atoms with Crippen LogP contribution in [0.2, 0.25) is 0 Å². The van der Waals surface area contributed by atoms with Crippen LogP contribution in [-0.4, -0.2) is 47.6 Å². The Morgan fingerprint density at radius 1 is 1.39 bits per heavy atom. The number of carboxylic acids is 1. The highest BCUT2D eigenvalue weighted by Crippen LogP contribution is 2.18. The summed E-state index contributed by atoms with van der Waals surface area (Å²) < 4.78 is 0. The van der Waals surface area contributed by atoms with Crippen molar-refractivity contribution in [3.63, 3.8) is 0 Å². The van der Waals surface area contributed by atoms with E-state index in [1.165, 1.54) is 0 Å². The number of carboxylic acid groups (broad SMARTS) is 1. The van der Waals surface area contributed by atoms with E-state index in [1.54, 1.807) is 4.90 Å². The van der Waals surface area contributed by atoms with Crippen molar-refractivity contribution in [3.05, 3.63) is 0 Å². The highest BCUT2D eigenvalue weighted by atomic mass is 16.4. The Balaban J connectivity index is 2.29. The maximum absolute atomic E-state index is 11.7. The predicted molar refractivity (Wildman–Crippen MR) is 69.3 cm³/mol. The number of amides is 1. The Kier molecular flexibility index (Phi) is 5.14. The number of rotatable bonds is 5. The second kappa shape index (κ2) is 6.18. The number of aliphatic carboxylic acids is 1.